The van der Waals surface area contributed by atoms with Crippen LogP contribution in [0.15, 0.2) is 42.5 Å². The third kappa shape index (κ3) is 3.92. The Morgan fingerprint density at radius 1 is 1.28 bits per heavy atom. The number of anilines is 2. The van der Waals surface area contributed by atoms with Crippen LogP contribution < -0.4 is 10.6 Å². The fourth-order valence-electron chi connectivity index (χ4n) is 3.47. The van der Waals surface area contributed by atoms with Crippen LogP contribution in [0.1, 0.15) is 26.7 Å². The van der Waals surface area contributed by atoms with Gasteiger partial charge >= 0.3 is 0 Å². The topological polar surface area (TPSA) is 75.3 Å². The molecule has 2 atom stereocenters. The van der Waals surface area contributed by atoms with Crippen molar-refractivity contribution in [1.82, 2.24) is 10.2 Å². The van der Waals surface area contributed by atoms with E-state index in [1.165, 1.54) is 12.8 Å². The first kappa shape index (κ1) is 17.3. The molecule has 0 spiro atoms. The van der Waals surface area contributed by atoms with Crippen LogP contribution in [0.5, 0.6) is 5.75 Å². The van der Waals surface area contributed by atoms with Crippen LogP contribution in [0.4, 0.5) is 11.5 Å². The zero-order valence-electron chi connectivity index (χ0n) is 14.9. The van der Waals surface area contributed by atoms with E-state index in [0.717, 1.165) is 18.8 Å². The molecule has 25 heavy (non-hydrogen) atoms. The molecule has 1 aromatic heterocycles. The largest absolute Gasteiger partial charge is 0.507 e. The van der Waals surface area contributed by atoms with E-state index in [9.17, 15) is 5.11 Å². The summed E-state index contributed by atoms with van der Waals surface area (Å²) in [6.45, 7) is 6.25. The molecule has 0 bridgehead atoms. The fraction of sp³-hybridized carbons (Fsp3) is 0.400. The van der Waals surface area contributed by atoms with Crippen molar-refractivity contribution < 1.29 is 5.11 Å². The van der Waals surface area contributed by atoms with Crippen molar-refractivity contribution in [2.24, 2.45) is 11.8 Å². The number of benzene rings is 1. The standard InChI is InChI=1S/C20H26N4O/c1-3-15-7-6-10-24(13-14(2)11-15)18-12-17(22-23-20(18)21)16-8-4-5-9-19(16)25/h4-9,12,14-15,25H,3,10-11,13H2,1-2H3,(H2,21,23)/b7-6-/t14?,15-/m0/s1. The van der Waals surface area contributed by atoms with Crippen LogP contribution in [0, 0.1) is 11.8 Å². The Morgan fingerprint density at radius 2 is 2.08 bits per heavy atom. The minimum Gasteiger partial charge on any atom is -0.507 e. The number of aromatic nitrogens is 2. The Hall–Kier alpha value is -2.56. The molecule has 0 aliphatic carbocycles. The molecule has 0 amide bonds. The van der Waals surface area contributed by atoms with E-state index in [1.54, 1.807) is 12.1 Å². The summed E-state index contributed by atoms with van der Waals surface area (Å²) in [7, 11) is 0. The molecule has 1 unspecified atom stereocenters. The van der Waals surface area contributed by atoms with Gasteiger partial charge in [0.25, 0.3) is 0 Å². The number of rotatable bonds is 3. The number of aromatic hydroxyl groups is 1. The van der Waals surface area contributed by atoms with Crippen LogP contribution in [-0.4, -0.2) is 28.4 Å². The summed E-state index contributed by atoms with van der Waals surface area (Å²) in [6.07, 6.45) is 6.89. The van der Waals surface area contributed by atoms with Crippen LogP contribution in [-0.2, 0) is 0 Å². The molecule has 1 aromatic carbocycles. The second kappa shape index (κ2) is 7.55. The van der Waals surface area contributed by atoms with Crippen LogP contribution in [0.25, 0.3) is 11.3 Å². The van der Waals surface area contributed by atoms with Gasteiger partial charge in [-0.25, -0.2) is 0 Å². The molecule has 1 aliphatic rings. The highest BCUT2D eigenvalue weighted by Gasteiger charge is 2.19. The number of nitrogens with zero attached hydrogens (tertiary/aromatic N) is 3. The van der Waals surface area contributed by atoms with Crippen molar-refractivity contribution in [3.63, 3.8) is 0 Å². The van der Waals surface area contributed by atoms with E-state index in [4.69, 9.17) is 5.73 Å². The molecule has 3 N–H and O–H groups in total. The Bertz CT molecular complexity index is 759. The van der Waals surface area contributed by atoms with Gasteiger partial charge in [0.1, 0.15) is 5.75 Å². The second-order valence-electron chi connectivity index (χ2n) is 6.86. The monoisotopic (exact) mass is 338 g/mol. The first-order valence-corrected chi connectivity index (χ1v) is 8.91. The van der Waals surface area contributed by atoms with E-state index in [-0.39, 0.29) is 5.75 Å². The smallest absolute Gasteiger partial charge is 0.169 e. The highest BCUT2D eigenvalue weighted by atomic mass is 16.3. The van der Waals surface area contributed by atoms with Crippen LogP contribution in [0.2, 0.25) is 0 Å². The lowest BCUT2D eigenvalue weighted by molar-refractivity contribution is 0.429. The molecule has 1 aliphatic heterocycles. The minimum absolute atomic E-state index is 0.194. The molecule has 0 saturated heterocycles. The van der Waals surface area contributed by atoms with Gasteiger partial charge in [0, 0.05) is 18.7 Å². The van der Waals surface area contributed by atoms with Gasteiger partial charge in [-0.15, -0.1) is 10.2 Å². The van der Waals surface area contributed by atoms with Gasteiger partial charge in [0.2, 0.25) is 0 Å². The first-order chi connectivity index (χ1) is 12.1. The normalized spacial score (nSPS) is 22.2. The van der Waals surface area contributed by atoms with Crippen molar-refractivity contribution in [3.8, 4) is 17.0 Å². The summed E-state index contributed by atoms with van der Waals surface area (Å²) in [5.41, 5.74) is 8.29. The van der Waals surface area contributed by atoms with Crippen molar-refractivity contribution >= 4 is 11.5 Å². The van der Waals surface area contributed by atoms with Crippen molar-refractivity contribution in [2.75, 3.05) is 23.7 Å². The molecule has 0 radical (unpaired) electrons. The van der Waals surface area contributed by atoms with Gasteiger partial charge in [0.05, 0.1) is 11.4 Å². The van der Waals surface area contributed by atoms with Crippen LogP contribution in [0.3, 0.4) is 0 Å². The van der Waals surface area contributed by atoms with Crippen LogP contribution >= 0.6 is 0 Å². The molecule has 5 heteroatoms. The third-order valence-electron chi connectivity index (χ3n) is 4.82. The Morgan fingerprint density at radius 3 is 2.84 bits per heavy atom. The van der Waals surface area contributed by atoms with E-state index in [1.807, 2.05) is 18.2 Å². The Labute approximate surface area is 149 Å². The highest BCUT2D eigenvalue weighted by molar-refractivity contribution is 5.74. The molecule has 132 valence electrons. The lowest BCUT2D eigenvalue weighted by Crippen LogP contribution is -2.32. The predicted octanol–water partition coefficient (Wildman–Crippen LogP) is 3.86. The molecule has 3 rings (SSSR count). The summed E-state index contributed by atoms with van der Waals surface area (Å²) < 4.78 is 0. The Balaban J connectivity index is 1.94. The number of phenolic OH excluding ortho intramolecular Hbond substituents is 1. The van der Waals surface area contributed by atoms with Gasteiger partial charge < -0.3 is 15.7 Å². The predicted molar refractivity (Wildman–Crippen MR) is 102 cm³/mol. The summed E-state index contributed by atoms with van der Waals surface area (Å²) >= 11 is 0. The average molecular weight is 338 g/mol. The number of allylic oxidation sites excluding steroid dienone is 1. The van der Waals surface area contributed by atoms with Crippen molar-refractivity contribution in [1.29, 1.82) is 0 Å². The quantitative estimate of drug-likeness (QED) is 0.831. The summed E-state index contributed by atoms with van der Waals surface area (Å²) in [5.74, 6) is 1.84. The fourth-order valence-corrected chi connectivity index (χ4v) is 3.47. The number of hydrogen-bond acceptors (Lipinski definition) is 5. The van der Waals surface area contributed by atoms with Crippen molar-refractivity contribution in [2.45, 2.75) is 26.7 Å². The van der Waals surface area contributed by atoms with E-state index >= 15 is 0 Å². The molecule has 0 fully saturated rings. The number of para-hydroxylation sites is 1. The maximum atomic E-state index is 10.1. The van der Waals surface area contributed by atoms with Gasteiger partial charge in [-0.05, 0) is 42.9 Å². The number of hydrogen-bond donors (Lipinski definition) is 2. The number of nitrogen functional groups attached to an aromatic ring is 1. The maximum absolute atomic E-state index is 10.1. The third-order valence-corrected chi connectivity index (χ3v) is 4.82. The molecule has 2 aromatic rings. The SMILES string of the molecule is CC[C@H]1/C=C\CN(c2cc(-c3ccccc3O)nnc2N)CC(C)C1. The van der Waals surface area contributed by atoms with Crippen molar-refractivity contribution in [3.05, 3.63) is 42.5 Å². The number of nitrogens with two attached hydrogens (primary N) is 1. The summed E-state index contributed by atoms with van der Waals surface area (Å²) in [5, 5.41) is 18.4. The molecule has 0 saturated carbocycles. The molecule has 2 heterocycles. The maximum Gasteiger partial charge on any atom is 0.169 e. The zero-order chi connectivity index (χ0) is 17.8. The summed E-state index contributed by atoms with van der Waals surface area (Å²) in [6, 6.07) is 9.08. The Kier molecular flexibility index (Phi) is 5.22. The van der Waals surface area contributed by atoms with Gasteiger partial charge in [-0.1, -0.05) is 38.1 Å². The van der Waals surface area contributed by atoms with E-state index in [2.05, 4.69) is 41.1 Å². The second-order valence-corrected chi connectivity index (χ2v) is 6.86. The highest BCUT2D eigenvalue weighted by Crippen LogP contribution is 2.32. The minimum atomic E-state index is 0.194. The van der Waals surface area contributed by atoms with E-state index in [0.29, 0.717) is 28.9 Å². The van der Waals surface area contributed by atoms with Gasteiger partial charge in [-0.3, -0.25) is 0 Å². The number of phenols is 1. The first-order valence-electron chi connectivity index (χ1n) is 8.91. The average Bonchev–Trinajstić information content (AvgIpc) is 2.59. The lowest BCUT2D eigenvalue weighted by atomic mass is 9.91. The lowest BCUT2D eigenvalue weighted by Gasteiger charge is -2.30. The molecular weight excluding hydrogens is 312 g/mol. The molecule has 5 nitrogen and oxygen atoms in total. The molecular formula is C20H26N4O. The van der Waals surface area contributed by atoms with Gasteiger partial charge in [0.15, 0.2) is 5.82 Å². The van der Waals surface area contributed by atoms with Gasteiger partial charge in [-0.2, -0.15) is 0 Å². The van der Waals surface area contributed by atoms with E-state index < -0.39 is 0 Å². The zero-order valence-corrected chi connectivity index (χ0v) is 14.9. The summed E-state index contributed by atoms with van der Waals surface area (Å²) in [4.78, 5) is 2.25.